The molecule has 0 saturated carbocycles. The average Bonchev–Trinajstić information content (AvgIpc) is 3.63. The third-order valence-corrected chi connectivity index (χ3v) is 9.00. The third kappa shape index (κ3) is 6.18. The number of carboxylic acids is 1. The predicted molar refractivity (Wildman–Crippen MR) is 163 cm³/mol. The number of nitriles is 1. The SMILES string of the molecule is CCOC(=O)C1=C(CN2CCN3C(=CC#N)N(CC(C)(C)C(=O)O)CC3C2)NC(c2nccs2)=N[C@H]1c1cccc(F)c1C. The Kier molecular flexibility index (Phi) is 9.03. The van der Waals surface area contributed by atoms with Crippen LogP contribution in [0.25, 0.3) is 0 Å². The van der Waals surface area contributed by atoms with Gasteiger partial charge in [-0.05, 0) is 44.9 Å². The Labute approximate surface area is 259 Å². The van der Waals surface area contributed by atoms with E-state index in [1.54, 1.807) is 46.0 Å². The molecule has 0 bridgehead atoms. The third-order valence-electron chi connectivity index (χ3n) is 8.22. The van der Waals surface area contributed by atoms with Gasteiger partial charge in [-0.25, -0.2) is 14.2 Å². The smallest absolute Gasteiger partial charge is 0.338 e. The van der Waals surface area contributed by atoms with E-state index >= 15 is 0 Å². The molecule has 1 aromatic carbocycles. The molecule has 5 rings (SSSR count). The summed E-state index contributed by atoms with van der Waals surface area (Å²) in [6.07, 6.45) is 3.17. The van der Waals surface area contributed by atoms with Gasteiger partial charge in [0.25, 0.3) is 0 Å². The number of amidine groups is 1. The number of hydrogen-bond donors (Lipinski definition) is 2. The summed E-state index contributed by atoms with van der Waals surface area (Å²) >= 11 is 1.41. The number of piperazine rings is 1. The Balaban J connectivity index is 1.47. The van der Waals surface area contributed by atoms with Crippen LogP contribution in [0.15, 0.2) is 57.9 Å². The molecule has 13 heteroatoms. The highest BCUT2D eigenvalue weighted by Gasteiger charge is 2.42. The van der Waals surface area contributed by atoms with Gasteiger partial charge in [-0.2, -0.15) is 5.26 Å². The first-order valence-electron chi connectivity index (χ1n) is 14.5. The lowest BCUT2D eigenvalue weighted by atomic mass is 9.92. The molecule has 0 spiro atoms. The number of benzene rings is 1. The van der Waals surface area contributed by atoms with Crippen molar-refractivity contribution in [2.24, 2.45) is 10.4 Å². The number of carbonyl (C=O) groups is 2. The lowest BCUT2D eigenvalue weighted by molar-refractivity contribution is -0.147. The van der Waals surface area contributed by atoms with Crippen LogP contribution in [-0.4, -0.2) is 94.5 Å². The van der Waals surface area contributed by atoms with Gasteiger partial charge in [0.05, 0.1) is 35.8 Å². The summed E-state index contributed by atoms with van der Waals surface area (Å²) in [6, 6.07) is 6.11. The summed E-state index contributed by atoms with van der Waals surface area (Å²) < 4.78 is 20.3. The monoisotopic (exact) mass is 621 g/mol. The maximum Gasteiger partial charge on any atom is 0.338 e. The van der Waals surface area contributed by atoms with Crippen LogP contribution in [0.5, 0.6) is 0 Å². The Bertz CT molecular complexity index is 1560. The molecule has 3 aliphatic rings. The molecule has 0 radical (unpaired) electrons. The second kappa shape index (κ2) is 12.8. The van der Waals surface area contributed by atoms with Crippen molar-refractivity contribution in [3.05, 3.63) is 74.9 Å². The number of aromatic nitrogens is 1. The fraction of sp³-hybridized carbons (Fsp3) is 0.452. The van der Waals surface area contributed by atoms with Gasteiger partial charge in [-0.1, -0.05) is 12.1 Å². The predicted octanol–water partition coefficient (Wildman–Crippen LogP) is 3.28. The zero-order valence-electron chi connectivity index (χ0n) is 25.2. The standard InChI is InChI=1S/C31H36FN7O4S/c1-5-43-29(40)25-23(35-27(28-34-11-14-44-28)36-26(25)21-7-6-8-22(32)19(21)2)17-37-12-13-39-20(15-37)16-38(24(39)9-10-33)18-31(3,4)30(41)42/h6-9,11,14,20,26H,5,12-13,15-18H2,1-4H3,(H,35,36)(H,41,42)/t20?,26-/m0/s1. The van der Waals surface area contributed by atoms with E-state index in [2.05, 4.69) is 26.2 Å². The summed E-state index contributed by atoms with van der Waals surface area (Å²) in [5.74, 6) is -0.577. The second-order valence-corrected chi connectivity index (χ2v) is 12.6. The molecule has 2 aromatic rings. The number of aliphatic carboxylic acids is 1. The first kappa shape index (κ1) is 31.2. The molecule has 3 aliphatic heterocycles. The highest BCUT2D eigenvalue weighted by molar-refractivity contribution is 7.11. The second-order valence-electron chi connectivity index (χ2n) is 11.7. The normalized spacial score (nSPS) is 21.5. The van der Waals surface area contributed by atoms with Crippen LogP contribution in [0.1, 0.15) is 42.9 Å². The van der Waals surface area contributed by atoms with E-state index in [0.29, 0.717) is 66.0 Å². The largest absolute Gasteiger partial charge is 0.481 e. The van der Waals surface area contributed by atoms with Crippen molar-refractivity contribution in [2.75, 3.05) is 45.9 Å². The number of nitrogens with zero attached hydrogens (tertiary/aromatic N) is 6. The number of rotatable bonds is 9. The van der Waals surface area contributed by atoms with Gasteiger partial charge in [0, 0.05) is 56.5 Å². The van der Waals surface area contributed by atoms with Crippen molar-refractivity contribution >= 4 is 29.1 Å². The molecular weight excluding hydrogens is 585 g/mol. The molecule has 2 atom stereocenters. The molecule has 4 heterocycles. The van der Waals surface area contributed by atoms with Crippen molar-refractivity contribution in [1.82, 2.24) is 25.0 Å². The molecule has 11 nitrogen and oxygen atoms in total. The van der Waals surface area contributed by atoms with E-state index in [1.165, 1.54) is 23.5 Å². The number of nitrogens with one attached hydrogen (secondary N) is 1. The van der Waals surface area contributed by atoms with E-state index in [9.17, 15) is 24.3 Å². The Morgan fingerprint density at radius 1 is 1.32 bits per heavy atom. The number of halogens is 1. The van der Waals surface area contributed by atoms with Crippen molar-refractivity contribution in [1.29, 1.82) is 5.26 Å². The van der Waals surface area contributed by atoms with Gasteiger partial charge < -0.3 is 25.0 Å². The molecule has 0 aliphatic carbocycles. The molecule has 1 aromatic heterocycles. The van der Waals surface area contributed by atoms with Crippen LogP contribution in [0.2, 0.25) is 0 Å². The summed E-state index contributed by atoms with van der Waals surface area (Å²) in [6.45, 7) is 10.0. The summed E-state index contributed by atoms with van der Waals surface area (Å²) in [5.41, 5.74) is 0.919. The molecule has 44 heavy (non-hydrogen) atoms. The van der Waals surface area contributed by atoms with Gasteiger partial charge in [0.1, 0.15) is 17.7 Å². The number of fused-ring (bicyclic) bond motifs is 1. The minimum Gasteiger partial charge on any atom is -0.481 e. The van der Waals surface area contributed by atoms with E-state index in [0.717, 1.165) is 5.82 Å². The quantitative estimate of drug-likeness (QED) is 0.317. The Hall–Kier alpha value is -4.28. The van der Waals surface area contributed by atoms with Crippen molar-refractivity contribution in [3.63, 3.8) is 0 Å². The van der Waals surface area contributed by atoms with Gasteiger partial charge in [0.2, 0.25) is 0 Å². The number of aliphatic imine (C=N–C) groups is 1. The van der Waals surface area contributed by atoms with Gasteiger partial charge in [-0.15, -0.1) is 11.3 Å². The number of carboxylic acid groups (broad SMARTS) is 1. The summed E-state index contributed by atoms with van der Waals surface area (Å²) in [4.78, 5) is 41.1. The molecule has 2 N–H and O–H groups in total. The molecule has 0 amide bonds. The first-order chi connectivity index (χ1) is 21.0. The number of hydrogen-bond acceptors (Lipinski definition) is 11. The van der Waals surface area contributed by atoms with Crippen molar-refractivity contribution in [2.45, 2.75) is 39.8 Å². The first-order valence-corrected chi connectivity index (χ1v) is 15.4. The van der Waals surface area contributed by atoms with Gasteiger partial charge in [0.15, 0.2) is 10.8 Å². The van der Waals surface area contributed by atoms with Gasteiger partial charge >= 0.3 is 11.9 Å². The number of esters is 1. The lowest BCUT2D eigenvalue weighted by Crippen LogP contribution is -2.52. The van der Waals surface area contributed by atoms with Crippen LogP contribution < -0.4 is 5.32 Å². The molecular formula is C31H36FN7O4S. The fourth-order valence-electron chi connectivity index (χ4n) is 5.96. The number of carbonyl (C=O) groups excluding carboxylic acids is 1. The van der Waals surface area contributed by atoms with E-state index in [4.69, 9.17) is 9.73 Å². The molecule has 2 fully saturated rings. The molecule has 1 unspecified atom stereocenters. The summed E-state index contributed by atoms with van der Waals surface area (Å²) in [5, 5.41) is 25.1. The van der Waals surface area contributed by atoms with E-state index in [-0.39, 0.29) is 25.0 Å². The zero-order chi connectivity index (χ0) is 31.6. The zero-order valence-corrected chi connectivity index (χ0v) is 26.0. The van der Waals surface area contributed by atoms with Crippen LogP contribution in [0.4, 0.5) is 4.39 Å². The molecule has 232 valence electrons. The number of ether oxygens (including phenoxy) is 1. The van der Waals surface area contributed by atoms with Crippen LogP contribution in [-0.2, 0) is 14.3 Å². The topological polar surface area (TPSA) is 134 Å². The highest BCUT2D eigenvalue weighted by atomic mass is 32.1. The molecule has 2 saturated heterocycles. The number of thiazole rings is 1. The van der Waals surface area contributed by atoms with Crippen LogP contribution >= 0.6 is 11.3 Å². The summed E-state index contributed by atoms with van der Waals surface area (Å²) in [7, 11) is 0. The Morgan fingerprint density at radius 2 is 2.11 bits per heavy atom. The average molecular weight is 622 g/mol. The minimum atomic E-state index is -0.996. The minimum absolute atomic E-state index is 0.0107. The van der Waals surface area contributed by atoms with Crippen molar-refractivity contribution in [3.8, 4) is 6.07 Å². The van der Waals surface area contributed by atoms with E-state index < -0.39 is 23.4 Å². The number of allylic oxidation sites excluding steroid dienone is 1. The van der Waals surface area contributed by atoms with Crippen molar-refractivity contribution < 1.29 is 23.8 Å². The van der Waals surface area contributed by atoms with E-state index in [1.807, 2.05) is 10.3 Å². The van der Waals surface area contributed by atoms with Crippen LogP contribution in [0, 0.1) is 29.5 Å². The van der Waals surface area contributed by atoms with Crippen LogP contribution in [0.3, 0.4) is 0 Å². The fourth-order valence-corrected chi connectivity index (χ4v) is 6.55. The highest BCUT2D eigenvalue weighted by Crippen LogP contribution is 2.36. The maximum absolute atomic E-state index is 14.8. The lowest BCUT2D eigenvalue weighted by Gasteiger charge is -2.39. The van der Waals surface area contributed by atoms with Gasteiger partial charge in [-0.3, -0.25) is 14.7 Å². The maximum atomic E-state index is 14.8. The Morgan fingerprint density at radius 3 is 2.80 bits per heavy atom.